The van der Waals surface area contributed by atoms with Crippen molar-refractivity contribution >= 4 is 44.8 Å². The summed E-state index contributed by atoms with van der Waals surface area (Å²) in [6, 6.07) is 18.8. The van der Waals surface area contributed by atoms with Gasteiger partial charge in [0, 0.05) is 43.1 Å². The molecule has 0 atom stereocenters. The first-order valence-electron chi connectivity index (χ1n) is 12.5. The van der Waals surface area contributed by atoms with Crippen LogP contribution in [-0.2, 0) is 14.8 Å². The Hall–Kier alpha value is -4.59. The van der Waals surface area contributed by atoms with Gasteiger partial charge in [-0.1, -0.05) is 18.2 Å². The van der Waals surface area contributed by atoms with Crippen molar-refractivity contribution in [3.05, 3.63) is 83.4 Å². The number of sulfonamides is 1. The highest BCUT2D eigenvalue weighted by Crippen LogP contribution is 2.28. The number of ketones is 1. The zero-order valence-electron chi connectivity index (χ0n) is 22.6. The van der Waals surface area contributed by atoms with E-state index in [9.17, 15) is 36.3 Å². The smallest absolute Gasteiger partial charge is 0.478 e. The molecule has 3 aromatic rings. The summed E-state index contributed by atoms with van der Waals surface area (Å²) in [6.07, 6.45) is -5.08. The molecule has 0 amide bonds. The third-order valence-corrected chi connectivity index (χ3v) is 7.91. The van der Waals surface area contributed by atoms with E-state index in [1.807, 2.05) is 24.3 Å². The van der Waals surface area contributed by atoms with Gasteiger partial charge in [-0.2, -0.15) is 13.2 Å². The quantitative estimate of drug-likeness (QED) is 0.327. The summed E-state index contributed by atoms with van der Waals surface area (Å²) in [5.41, 5.74) is 2.90. The summed E-state index contributed by atoms with van der Waals surface area (Å²) < 4.78 is 59.9. The maximum absolute atomic E-state index is 12.9. The number of rotatable bonds is 7. The van der Waals surface area contributed by atoms with E-state index in [1.54, 1.807) is 31.2 Å². The number of anilines is 3. The number of aryl methyl sites for hydroxylation is 1. The highest BCUT2D eigenvalue weighted by Gasteiger charge is 2.38. The number of carboxylic acid groups (broad SMARTS) is 2. The number of halogens is 3. The fourth-order valence-electron chi connectivity index (χ4n) is 4.18. The lowest BCUT2D eigenvalue weighted by Gasteiger charge is -2.37. The topological polar surface area (TPSA) is 144 Å². The molecular formula is C28H28F3N3O7S. The van der Waals surface area contributed by atoms with Gasteiger partial charge in [0.05, 0.1) is 16.1 Å². The van der Waals surface area contributed by atoms with Crippen LogP contribution in [0.2, 0.25) is 0 Å². The van der Waals surface area contributed by atoms with Crippen molar-refractivity contribution in [1.29, 1.82) is 0 Å². The molecule has 224 valence electrons. The van der Waals surface area contributed by atoms with Crippen LogP contribution in [0.15, 0.2) is 71.6 Å². The number of carbonyl (C=O) groups is 3. The number of nitrogens with one attached hydrogen (secondary N) is 1. The number of benzene rings is 3. The predicted molar refractivity (Wildman–Crippen MR) is 150 cm³/mol. The second-order valence-corrected chi connectivity index (χ2v) is 10.9. The number of hydrogen-bond acceptors (Lipinski definition) is 7. The Labute approximate surface area is 240 Å². The second-order valence-electron chi connectivity index (χ2n) is 9.29. The number of aliphatic carboxylic acids is 1. The van der Waals surface area contributed by atoms with Crippen molar-refractivity contribution in [2.45, 2.75) is 24.9 Å². The Bertz CT molecular complexity index is 1570. The SMILES string of the molecule is CC(=O)c1ccc(N2CCN(c3ccc(NS(=O)(=O)c4ccccc4C)c(C(=O)O)c3)CC2)cc1.O=C(O)C(F)(F)F. The van der Waals surface area contributed by atoms with Gasteiger partial charge in [0.1, 0.15) is 0 Å². The van der Waals surface area contributed by atoms with Gasteiger partial charge >= 0.3 is 18.1 Å². The summed E-state index contributed by atoms with van der Waals surface area (Å²) in [6.45, 7) is 6.02. The molecule has 1 saturated heterocycles. The van der Waals surface area contributed by atoms with Crippen LogP contribution in [0.5, 0.6) is 0 Å². The molecule has 1 aliphatic heterocycles. The Morgan fingerprint density at radius 1 is 0.833 bits per heavy atom. The fourth-order valence-corrected chi connectivity index (χ4v) is 5.51. The fraction of sp³-hybridized carbons (Fsp3) is 0.250. The molecule has 3 aromatic carbocycles. The van der Waals surface area contributed by atoms with Gasteiger partial charge in [-0.15, -0.1) is 0 Å². The van der Waals surface area contributed by atoms with Gasteiger partial charge in [-0.3, -0.25) is 9.52 Å². The van der Waals surface area contributed by atoms with E-state index in [0.29, 0.717) is 29.9 Å². The van der Waals surface area contributed by atoms with Crippen LogP contribution in [0.3, 0.4) is 0 Å². The molecule has 0 radical (unpaired) electrons. The van der Waals surface area contributed by atoms with Crippen molar-refractivity contribution in [3.8, 4) is 0 Å². The molecule has 14 heteroatoms. The third-order valence-electron chi connectivity index (χ3n) is 6.39. The normalized spacial score (nSPS) is 13.5. The molecule has 3 N–H and O–H groups in total. The minimum atomic E-state index is -5.08. The minimum absolute atomic E-state index is 0.0219. The maximum Gasteiger partial charge on any atom is 0.490 e. The van der Waals surface area contributed by atoms with Gasteiger partial charge in [0.2, 0.25) is 0 Å². The molecule has 1 fully saturated rings. The number of carbonyl (C=O) groups excluding carboxylic acids is 1. The lowest BCUT2D eigenvalue weighted by Crippen LogP contribution is -2.46. The number of carboxylic acids is 2. The number of aromatic carboxylic acids is 1. The zero-order chi connectivity index (χ0) is 31.2. The highest BCUT2D eigenvalue weighted by atomic mass is 32.2. The van der Waals surface area contributed by atoms with Crippen molar-refractivity contribution in [3.63, 3.8) is 0 Å². The van der Waals surface area contributed by atoms with Crippen molar-refractivity contribution < 1.29 is 46.2 Å². The molecule has 0 spiro atoms. The Morgan fingerprint density at radius 2 is 1.33 bits per heavy atom. The lowest BCUT2D eigenvalue weighted by molar-refractivity contribution is -0.192. The second kappa shape index (κ2) is 12.9. The average molecular weight is 608 g/mol. The molecule has 4 rings (SSSR count). The standard InChI is InChI=1S/C26H27N3O5S.C2HF3O2/c1-18-5-3-4-6-25(18)35(33,34)27-24-12-11-22(17-23(24)26(31)32)29-15-13-28(14-16-29)21-9-7-20(8-10-21)19(2)30;3-2(4,5)1(6)7/h3-12,17,27H,13-16H2,1-2H3,(H,31,32);(H,6,7). The summed E-state index contributed by atoms with van der Waals surface area (Å²) in [5, 5.41) is 16.9. The van der Waals surface area contributed by atoms with Crippen LogP contribution in [0.1, 0.15) is 33.2 Å². The average Bonchev–Trinajstić information content (AvgIpc) is 2.93. The number of nitrogens with zero attached hydrogens (tertiary/aromatic N) is 2. The Kier molecular flexibility index (Phi) is 9.83. The maximum atomic E-state index is 12.9. The Balaban J connectivity index is 0.000000616. The van der Waals surface area contributed by atoms with Crippen molar-refractivity contribution in [2.24, 2.45) is 0 Å². The van der Waals surface area contributed by atoms with Crippen molar-refractivity contribution in [1.82, 2.24) is 0 Å². The molecule has 0 bridgehead atoms. The number of alkyl halides is 3. The van der Waals surface area contributed by atoms with Gasteiger partial charge in [-0.25, -0.2) is 18.0 Å². The van der Waals surface area contributed by atoms with Crippen LogP contribution in [0.25, 0.3) is 0 Å². The Morgan fingerprint density at radius 3 is 1.81 bits per heavy atom. The molecule has 0 aromatic heterocycles. The van der Waals surface area contributed by atoms with E-state index >= 15 is 0 Å². The molecule has 0 saturated carbocycles. The number of hydrogen-bond donors (Lipinski definition) is 3. The van der Waals surface area contributed by atoms with Gasteiger partial charge < -0.3 is 20.0 Å². The largest absolute Gasteiger partial charge is 0.490 e. The van der Waals surface area contributed by atoms with Gasteiger partial charge in [0.25, 0.3) is 10.0 Å². The molecular weight excluding hydrogens is 579 g/mol. The van der Waals surface area contributed by atoms with E-state index < -0.39 is 28.1 Å². The van der Waals surface area contributed by atoms with E-state index in [-0.39, 0.29) is 21.9 Å². The molecule has 0 aliphatic carbocycles. The summed E-state index contributed by atoms with van der Waals surface area (Å²) in [4.78, 5) is 36.8. The zero-order valence-corrected chi connectivity index (χ0v) is 23.4. The van der Waals surface area contributed by atoms with Crippen LogP contribution in [0.4, 0.5) is 30.2 Å². The minimum Gasteiger partial charge on any atom is -0.478 e. The van der Waals surface area contributed by atoms with E-state index in [1.165, 1.54) is 25.1 Å². The number of Topliss-reactive ketones (excluding diaryl/α,β-unsaturated/α-hetero) is 1. The summed E-state index contributed by atoms with van der Waals surface area (Å²) >= 11 is 0. The van der Waals surface area contributed by atoms with Crippen LogP contribution in [0, 0.1) is 6.92 Å². The van der Waals surface area contributed by atoms with E-state index in [2.05, 4.69) is 14.5 Å². The molecule has 42 heavy (non-hydrogen) atoms. The van der Waals surface area contributed by atoms with E-state index in [4.69, 9.17) is 9.90 Å². The van der Waals surface area contributed by atoms with Gasteiger partial charge in [0.15, 0.2) is 5.78 Å². The molecule has 10 nitrogen and oxygen atoms in total. The first kappa shape index (κ1) is 31.9. The number of piperazine rings is 1. The highest BCUT2D eigenvalue weighted by molar-refractivity contribution is 7.92. The third kappa shape index (κ3) is 8.00. The molecule has 0 unspecified atom stereocenters. The van der Waals surface area contributed by atoms with E-state index in [0.717, 1.165) is 18.8 Å². The summed E-state index contributed by atoms with van der Waals surface area (Å²) in [7, 11) is -3.94. The first-order valence-corrected chi connectivity index (χ1v) is 14.0. The first-order chi connectivity index (χ1) is 19.6. The predicted octanol–water partition coefficient (Wildman–Crippen LogP) is 4.66. The van der Waals surface area contributed by atoms with Crippen LogP contribution in [-0.4, -0.2) is 68.7 Å². The van der Waals surface area contributed by atoms with Gasteiger partial charge in [-0.05, 0) is 67.9 Å². The molecule has 1 heterocycles. The van der Waals surface area contributed by atoms with Crippen LogP contribution < -0.4 is 14.5 Å². The summed E-state index contributed by atoms with van der Waals surface area (Å²) in [5.74, 6) is -3.94. The van der Waals surface area contributed by atoms with Crippen LogP contribution >= 0.6 is 0 Å². The lowest BCUT2D eigenvalue weighted by atomic mass is 10.1. The molecule has 1 aliphatic rings. The monoisotopic (exact) mass is 607 g/mol. The van der Waals surface area contributed by atoms with Crippen molar-refractivity contribution in [2.75, 3.05) is 40.7 Å².